The van der Waals surface area contributed by atoms with Crippen LogP contribution in [0.4, 0.5) is 8.78 Å². The third-order valence-electron chi connectivity index (χ3n) is 2.52. The molecule has 5 heteroatoms. The zero-order valence-electron chi connectivity index (χ0n) is 11.6. The maximum atomic E-state index is 13.3. The van der Waals surface area contributed by atoms with Crippen LogP contribution in [-0.4, -0.2) is 25.5 Å². The van der Waals surface area contributed by atoms with Crippen LogP contribution in [0.15, 0.2) is 22.9 Å². The van der Waals surface area contributed by atoms with Crippen LogP contribution in [0.5, 0.6) is 0 Å². The summed E-state index contributed by atoms with van der Waals surface area (Å²) in [7, 11) is 1.40. The molecule has 0 radical (unpaired) electrons. The quantitative estimate of drug-likeness (QED) is 0.454. The monoisotopic (exact) mass is 261 g/mol. The molecule has 0 aliphatic heterocycles. The summed E-state index contributed by atoms with van der Waals surface area (Å²) in [5.41, 5.74) is 0.592. The first-order chi connectivity index (χ1) is 8.27. The summed E-state index contributed by atoms with van der Waals surface area (Å²) in [6.45, 7) is 6.24. The van der Waals surface area contributed by atoms with E-state index in [2.05, 4.69) is 5.32 Å². The Morgan fingerprint density at radius 1 is 1.39 bits per heavy atom. The Bertz CT molecular complexity index is 354. The lowest BCUT2D eigenvalue weighted by Crippen LogP contribution is -2.25. The van der Waals surface area contributed by atoms with Crippen LogP contribution in [-0.2, 0) is 9.53 Å². The smallest absolute Gasteiger partial charge is 0.338 e. The SMILES string of the molecule is CCOC(=O)C(/C=C(\NC)C(C)(F)F)=C(/C)CC. The normalized spacial score (nSPS) is 14.1. The van der Waals surface area contributed by atoms with Crippen molar-refractivity contribution in [1.82, 2.24) is 5.32 Å². The highest BCUT2D eigenvalue weighted by molar-refractivity contribution is 5.92. The average molecular weight is 261 g/mol. The molecule has 3 nitrogen and oxygen atoms in total. The number of esters is 1. The van der Waals surface area contributed by atoms with Gasteiger partial charge in [-0.15, -0.1) is 0 Å². The summed E-state index contributed by atoms with van der Waals surface area (Å²) < 4.78 is 31.4. The number of ether oxygens (including phenoxy) is 1. The molecule has 0 fully saturated rings. The van der Waals surface area contributed by atoms with Crippen molar-refractivity contribution in [1.29, 1.82) is 0 Å². The van der Waals surface area contributed by atoms with Crippen LogP contribution in [0.25, 0.3) is 0 Å². The Kier molecular flexibility index (Phi) is 6.58. The average Bonchev–Trinajstić information content (AvgIpc) is 2.27. The summed E-state index contributed by atoms with van der Waals surface area (Å²) in [4.78, 5) is 11.7. The predicted molar refractivity (Wildman–Crippen MR) is 67.4 cm³/mol. The molecule has 1 N–H and O–H groups in total. The molecule has 0 aromatic rings. The zero-order valence-corrected chi connectivity index (χ0v) is 11.6. The van der Waals surface area contributed by atoms with E-state index in [9.17, 15) is 13.6 Å². The van der Waals surface area contributed by atoms with Crippen molar-refractivity contribution >= 4 is 5.97 Å². The Hall–Kier alpha value is -1.39. The lowest BCUT2D eigenvalue weighted by Gasteiger charge is -2.16. The second-order valence-corrected chi connectivity index (χ2v) is 3.96. The number of carbonyl (C=O) groups is 1. The van der Waals surface area contributed by atoms with Crippen molar-refractivity contribution in [3.05, 3.63) is 22.9 Å². The fraction of sp³-hybridized carbons (Fsp3) is 0.615. The first-order valence-electron chi connectivity index (χ1n) is 5.92. The Balaban J connectivity index is 5.50. The number of alkyl halides is 2. The fourth-order valence-corrected chi connectivity index (χ4v) is 1.32. The Morgan fingerprint density at radius 2 is 1.94 bits per heavy atom. The molecule has 18 heavy (non-hydrogen) atoms. The molecule has 0 saturated heterocycles. The molecule has 0 amide bonds. The van der Waals surface area contributed by atoms with E-state index in [1.807, 2.05) is 6.92 Å². The van der Waals surface area contributed by atoms with Gasteiger partial charge in [0.05, 0.1) is 17.9 Å². The summed E-state index contributed by atoms with van der Waals surface area (Å²) >= 11 is 0. The minimum atomic E-state index is -3.03. The van der Waals surface area contributed by atoms with Crippen LogP contribution in [0.2, 0.25) is 0 Å². The molecule has 0 atom stereocenters. The maximum absolute atomic E-state index is 13.3. The van der Waals surface area contributed by atoms with Gasteiger partial charge in [0.1, 0.15) is 0 Å². The standard InChI is InChI=1S/C13H21F2NO2/c1-6-9(3)10(12(17)18-7-2)8-11(16-5)13(4,14)15/h8,16H,6-7H2,1-5H3/b10-9-,11-8-. The van der Waals surface area contributed by atoms with Crippen molar-refractivity contribution in [2.75, 3.05) is 13.7 Å². The van der Waals surface area contributed by atoms with Crippen molar-refractivity contribution in [2.45, 2.75) is 40.0 Å². The van der Waals surface area contributed by atoms with Crippen LogP contribution < -0.4 is 5.32 Å². The lowest BCUT2D eigenvalue weighted by molar-refractivity contribution is -0.138. The molecule has 0 rings (SSSR count). The number of rotatable bonds is 6. The van der Waals surface area contributed by atoms with Crippen LogP contribution in [0, 0.1) is 0 Å². The van der Waals surface area contributed by atoms with E-state index in [0.717, 1.165) is 13.0 Å². The van der Waals surface area contributed by atoms with E-state index >= 15 is 0 Å². The molecule has 0 aromatic heterocycles. The first-order valence-corrected chi connectivity index (χ1v) is 5.92. The summed E-state index contributed by atoms with van der Waals surface area (Å²) in [5, 5.41) is 2.42. The highest BCUT2D eigenvalue weighted by Crippen LogP contribution is 2.23. The second kappa shape index (κ2) is 7.13. The van der Waals surface area contributed by atoms with Gasteiger partial charge in [-0.1, -0.05) is 12.5 Å². The molecular weight excluding hydrogens is 240 g/mol. The van der Waals surface area contributed by atoms with Crippen molar-refractivity contribution in [3.8, 4) is 0 Å². The van der Waals surface area contributed by atoms with Crippen molar-refractivity contribution in [2.24, 2.45) is 0 Å². The second-order valence-electron chi connectivity index (χ2n) is 3.96. The van der Waals surface area contributed by atoms with Crippen LogP contribution >= 0.6 is 0 Å². The molecule has 0 heterocycles. The zero-order chi connectivity index (χ0) is 14.3. The van der Waals surface area contributed by atoms with Gasteiger partial charge in [0.25, 0.3) is 5.92 Å². The third kappa shape index (κ3) is 4.85. The number of carbonyl (C=O) groups excluding carboxylic acids is 1. The molecule has 0 aromatic carbocycles. The molecule has 0 aliphatic carbocycles. The van der Waals surface area contributed by atoms with Gasteiger partial charge in [0.2, 0.25) is 0 Å². The minimum absolute atomic E-state index is 0.185. The molecule has 0 bridgehead atoms. The number of halogens is 2. The number of hydrogen-bond donors (Lipinski definition) is 1. The fourth-order valence-electron chi connectivity index (χ4n) is 1.32. The third-order valence-corrected chi connectivity index (χ3v) is 2.52. The largest absolute Gasteiger partial charge is 0.462 e. The first kappa shape index (κ1) is 16.6. The Labute approximate surface area is 107 Å². The van der Waals surface area contributed by atoms with Gasteiger partial charge in [-0.2, -0.15) is 0 Å². The van der Waals surface area contributed by atoms with Gasteiger partial charge in [-0.05, 0) is 26.3 Å². The van der Waals surface area contributed by atoms with E-state index in [1.54, 1.807) is 13.8 Å². The summed E-state index contributed by atoms with van der Waals surface area (Å²) in [5.74, 6) is -3.60. The number of allylic oxidation sites excluding steroid dienone is 2. The van der Waals surface area contributed by atoms with Gasteiger partial charge in [-0.25, -0.2) is 13.6 Å². The summed E-state index contributed by atoms with van der Waals surface area (Å²) in [6.07, 6.45) is 1.76. The Morgan fingerprint density at radius 3 is 2.28 bits per heavy atom. The number of nitrogens with one attached hydrogen (secondary N) is 1. The van der Waals surface area contributed by atoms with Gasteiger partial charge < -0.3 is 10.1 Å². The van der Waals surface area contributed by atoms with E-state index < -0.39 is 11.9 Å². The molecule has 0 spiro atoms. The van der Waals surface area contributed by atoms with E-state index in [-0.39, 0.29) is 17.9 Å². The maximum Gasteiger partial charge on any atom is 0.338 e. The van der Waals surface area contributed by atoms with E-state index in [1.165, 1.54) is 7.05 Å². The highest BCUT2D eigenvalue weighted by atomic mass is 19.3. The molecule has 0 saturated carbocycles. The summed E-state index contributed by atoms with van der Waals surface area (Å²) in [6, 6.07) is 0. The minimum Gasteiger partial charge on any atom is -0.462 e. The molecule has 104 valence electrons. The molecular formula is C13H21F2NO2. The lowest BCUT2D eigenvalue weighted by atomic mass is 10.0. The van der Waals surface area contributed by atoms with Gasteiger partial charge in [-0.3, -0.25) is 0 Å². The predicted octanol–water partition coefficient (Wildman–Crippen LogP) is 3.03. The van der Waals surface area contributed by atoms with Crippen molar-refractivity contribution < 1.29 is 18.3 Å². The van der Waals surface area contributed by atoms with E-state index in [4.69, 9.17) is 4.74 Å². The van der Waals surface area contributed by atoms with E-state index in [0.29, 0.717) is 12.0 Å². The van der Waals surface area contributed by atoms with Crippen LogP contribution in [0.3, 0.4) is 0 Å². The molecule has 0 unspecified atom stereocenters. The van der Waals surface area contributed by atoms with Gasteiger partial charge >= 0.3 is 5.97 Å². The van der Waals surface area contributed by atoms with Crippen LogP contribution in [0.1, 0.15) is 34.1 Å². The topological polar surface area (TPSA) is 38.3 Å². The molecule has 0 aliphatic rings. The van der Waals surface area contributed by atoms with Crippen molar-refractivity contribution in [3.63, 3.8) is 0 Å². The highest BCUT2D eigenvalue weighted by Gasteiger charge is 2.28. The number of hydrogen-bond acceptors (Lipinski definition) is 3. The van der Waals surface area contributed by atoms with Gasteiger partial charge in [0.15, 0.2) is 0 Å². The van der Waals surface area contributed by atoms with Gasteiger partial charge in [0, 0.05) is 14.0 Å².